The topological polar surface area (TPSA) is 94.1 Å². The highest BCUT2D eigenvalue weighted by Crippen LogP contribution is 2.37. The number of hydrazone groups is 1. The molecule has 0 spiro atoms. The van der Waals surface area contributed by atoms with Gasteiger partial charge in [0.15, 0.2) is 23.1 Å². The van der Waals surface area contributed by atoms with Crippen molar-refractivity contribution in [2.24, 2.45) is 5.10 Å². The number of methoxy groups -OCH3 is 2. The number of aromatic nitrogens is 1. The third-order valence-electron chi connectivity index (χ3n) is 5.05. The Hall–Kier alpha value is -4.66. The van der Waals surface area contributed by atoms with E-state index >= 15 is 0 Å². The van der Waals surface area contributed by atoms with Crippen molar-refractivity contribution in [1.29, 1.82) is 0 Å². The predicted molar refractivity (Wildman–Crippen MR) is 132 cm³/mol. The van der Waals surface area contributed by atoms with Gasteiger partial charge in [-0.1, -0.05) is 30.3 Å². The monoisotopic (exact) mass is 474 g/mol. The summed E-state index contributed by atoms with van der Waals surface area (Å²) in [4.78, 5) is 16.3. The van der Waals surface area contributed by atoms with E-state index in [4.69, 9.17) is 14.2 Å². The molecule has 0 aliphatic rings. The first-order valence-electron chi connectivity index (χ1n) is 10.7. The number of benzene rings is 3. The van der Waals surface area contributed by atoms with Crippen LogP contribution in [0.15, 0.2) is 78.0 Å². The second-order valence-electron chi connectivity index (χ2n) is 7.38. The van der Waals surface area contributed by atoms with Crippen molar-refractivity contribution < 1.29 is 23.4 Å². The largest absolute Gasteiger partial charge is 0.493 e. The maximum absolute atomic E-state index is 14.7. The van der Waals surface area contributed by atoms with Gasteiger partial charge in [0.05, 0.1) is 31.8 Å². The van der Waals surface area contributed by atoms with E-state index in [1.54, 1.807) is 30.5 Å². The van der Waals surface area contributed by atoms with Crippen LogP contribution in [0.5, 0.6) is 23.0 Å². The van der Waals surface area contributed by atoms with E-state index in [9.17, 15) is 9.18 Å². The quantitative estimate of drug-likeness (QED) is 0.204. The lowest BCUT2D eigenvalue weighted by Gasteiger charge is -2.13. The smallest absolute Gasteiger partial charge is 0.229 e. The molecule has 2 N–H and O–H groups in total. The van der Waals surface area contributed by atoms with Crippen LogP contribution in [-0.4, -0.2) is 31.4 Å². The highest BCUT2D eigenvalue weighted by atomic mass is 19.1. The minimum atomic E-state index is -0.594. The SMILES string of the molecule is COc1cc2nccc(Oc3ccc(N/N=C\NC(=O)Cc4ccccc4)cc3F)c2cc1OC. The molecule has 0 unspecified atom stereocenters. The molecule has 0 fully saturated rings. The first-order valence-corrected chi connectivity index (χ1v) is 10.7. The highest BCUT2D eigenvalue weighted by Gasteiger charge is 2.13. The van der Waals surface area contributed by atoms with Gasteiger partial charge in [0.1, 0.15) is 12.1 Å². The van der Waals surface area contributed by atoms with Crippen molar-refractivity contribution in [3.05, 3.63) is 84.3 Å². The van der Waals surface area contributed by atoms with Crippen LogP contribution in [0, 0.1) is 5.82 Å². The van der Waals surface area contributed by atoms with E-state index in [2.05, 4.69) is 20.8 Å². The molecular weight excluding hydrogens is 451 g/mol. The first kappa shape index (κ1) is 23.5. The van der Waals surface area contributed by atoms with Gasteiger partial charge in [-0.05, 0) is 29.8 Å². The van der Waals surface area contributed by atoms with Crippen LogP contribution < -0.4 is 25.0 Å². The predicted octanol–water partition coefficient (Wildman–Crippen LogP) is 4.90. The molecule has 0 aliphatic carbocycles. The molecule has 0 radical (unpaired) electrons. The third kappa shape index (κ3) is 5.83. The number of rotatable bonds is 9. The van der Waals surface area contributed by atoms with Gasteiger partial charge >= 0.3 is 0 Å². The second-order valence-corrected chi connectivity index (χ2v) is 7.38. The van der Waals surface area contributed by atoms with Crippen molar-refractivity contribution in [3.8, 4) is 23.0 Å². The number of carbonyl (C=O) groups excluding carboxylic acids is 1. The number of nitrogens with zero attached hydrogens (tertiary/aromatic N) is 2. The molecule has 0 saturated heterocycles. The van der Waals surface area contributed by atoms with Crippen molar-refractivity contribution in [3.63, 3.8) is 0 Å². The van der Waals surface area contributed by atoms with Crippen LogP contribution >= 0.6 is 0 Å². The summed E-state index contributed by atoms with van der Waals surface area (Å²) in [5, 5.41) is 7.11. The zero-order valence-electron chi connectivity index (χ0n) is 19.1. The van der Waals surface area contributed by atoms with E-state index in [1.165, 1.54) is 32.7 Å². The van der Waals surface area contributed by atoms with Crippen LogP contribution in [0.2, 0.25) is 0 Å². The Kier molecular flexibility index (Phi) is 7.37. The second kappa shape index (κ2) is 11.0. The minimum absolute atomic E-state index is 0.0259. The number of hydrogen-bond acceptors (Lipinski definition) is 7. The summed E-state index contributed by atoms with van der Waals surface area (Å²) in [6.45, 7) is 0. The molecule has 35 heavy (non-hydrogen) atoms. The molecule has 4 rings (SSSR count). The number of ether oxygens (including phenoxy) is 3. The molecule has 0 bridgehead atoms. The van der Waals surface area contributed by atoms with Crippen LogP contribution in [0.4, 0.5) is 10.1 Å². The summed E-state index contributed by atoms with van der Waals surface area (Å²) in [7, 11) is 3.07. The summed E-state index contributed by atoms with van der Waals surface area (Å²) in [6, 6.07) is 18.8. The maximum Gasteiger partial charge on any atom is 0.229 e. The lowest BCUT2D eigenvalue weighted by Crippen LogP contribution is -2.23. The maximum atomic E-state index is 14.7. The van der Waals surface area contributed by atoms with Gasteiger partial charge in [0.25, 0.3) is 0 Å². The normalized spacial score (nSPS) is 10.8. The number of amides is 1. The molecule has 0 atom stereocenters. The molecule has 0 saturated carbocycles. The summed E-state index contributed by atoms with van der Waals surface area (Å²) in [5.74, 6) is 0.668. The number of anilines is 1. The number of halogens is 1. The van der Waals surface area contributed by atoms with Gasteiger partial charge in [0.2, 0.25) is 5.91 Å². The molecule has 1 heterocycles. The van der Waals surface area contributed by atoms with Gasteiger partial charge in [-0.15, -0.1) is 0 Å². The van der Waals surface area contributed by atoms with Crippen LogP contribution in [0.25, 0.3) is 10.9 Å². The average molecular weight is 474 g/mol. The number of fused-ring (bicyclic) bond motifs is 1. The molecule has 9 heteroatoms. The standard InChI is InChI=1S/C26H23FN4O4/c1-33-24-14-19-21(15-25(24)34-2)28-11-10-22(19)35-23-9-8-18(13-20(23)27)31-30-16-29-26(32)12-17-6-4-3-5-7-17/h3-11,13-16,31H,12H2,1-2H3,(H,29,30,32). The fraction of sp³-hybridized carbons (Fsp3) is 0.115. The van der Waals surface area contributed by atoms with Gasteiger partial charge in [-0.3, -0.25) is 15.2 Å². The summed E-state index contributed by atoms with van der Waals surface area (Å²) in [6.07, 6.45) is 3.02. The Morgan fingerprint density at radius 3 is 2.49 bits per heavy atom. The summed E-state index contributed by atoms with van der Waals surface area (Å²) >= 11 is 0. The van der Waals surface area contributed by atoms with E-state index in [-0.39, 0.29) is 18.1 Å². The molecule has 8 nitrogen and oxygen atoms in total. The molecule has 0 aliphatic heterocycles. The van der Waals surface area contributed by atoms with E-state index < -0.39 is 5.82 Å². The molecule has 1 amide bonds. The highest BCUT2D eigenvalue weighted by molar-refractivity contribution is 5.89. The Balaban J connectivity index is 1.41. The molecular formula is C26H23FN4O4. The summed E-state index contributed by atoms with van der Waals surface area (Å²) in [5.41, 5.74) is 4.56. The fourth-order valence-electron chi connectivity index (χ4n) is 3.35. The Labute approximate surface area is 201 Å². The number of hydrogen-bond donors (Lipinski definition) is 2. The number of carbonyl (C=O) groups is 1. The molecule has 3 aromatic carbocycles. The fourth-order valence-corrected chi connectivity index (χ4v) is 3.35. The Bertz CT molecular complexity index is 1360. The van der Waals surface area contributed by atoms with Crippen LogP contribution in [0.3, 0.4) is 0 Å². The van der Waals surface area contributed by atoms with Crippen LogP contribution in [0.1, 0.15) is 5.56 Å². The number of pyridine rings is 1. The summed E-state index contributed by atoms with van der Waals surface area (Å²) < 4.78 is 31.2. The Morgan fingerprint density at radius 1 is 0.971 bits per heavy atom. The van der Waals surface area contributed by atoms with Gasteiger partial charge in [-0.2, -0.15) is 5.10 Å². The lowest BCUT2D eigenvalue weighted by atomic mass is 10.1. The zero-order valence-corrected chi connectivity index (χ0v) is 19.1. The van der Waals surface area contributed by atoms with Gasteiger partial charge in [-0.25, -0.2) is 4.39 Å². The van der Waals surface area contributed by atoms with Gasteiger partial charge < -0.3 is 19.5 Å². The van der Waals surface area contributed by atoms with Crippen molar-refractivity contribution in [1.82, 2.24) is 10.3 Å². The van der Waals surface area contributed by atoms with E-state index in [0.717, 1.165) is 5.56 Å². The Morgan fingerprint density at radius 2 is 1.74 bits per heavy atom. The first-order chi connectivity index (χ1) is 17.1. The van der Waals surface area contributed by atoms with Crippen molar-refractivity contribution in [2.45, 2.75) is 6.42 Å². The lowest BCUT2D eigenvalue weighted by molar-refractivity contribution is -0.118. The van der Waals surface area contributed by atoms with Gasteiger partial charge in [0, 0.05) is 23.7 Å². The third-order valence-corrected chi connectivity index (χ3v) is 5.05. The van der Waals surface area contributed by atoms with Crippen LogP contribution in [-0.2, 0) is 11.2 Å². The minimum Gasteiger partial charge on any atom is -0.493 e. The molecule has 1 aromatic heterocycles. The van der Waals surface area contributed by atoms with Crippen molar-refractivity contribution in [2.75, 3.05) is 19.6 Å². The zero-order chi connectivity index (χ0) is 24.6. The van der Waals surface area contributed by atoms with E-state index in [1.807, 2.05) is 30.3 Å². The van der Waals surface area contributed by atoms with Crippen molar-refractivity contribution >= 4 is 28.8 Å². The molecule has 178 valence electrons. The number of nitrogens with one attached hydrogen (secondary N) is 2. The molecule has 4 aromatic rings. The van der Waals surface area contributed by atoms with E-state index in [0.29, 0.717) is 33.8 Å². The average Bonchev–Trinajstić information content (AvgIpc) is 2.88.